The fraction of sp³-hybridized carbons (Fsp3) is 0. The molecular formula is C24H16Br4N2. The number of nitrogens with one attached hydrogen (secondary N) is 2. The lowest BCUT2D eigenvalue weighted by Crippen LogP contribution is -1.92. The molecule has 0 radical (unpaired) electrons. The Morgan fingerprint density at radius 1 is 0.400 bits per heavy atom. The monoisotopic (exact) mass is 648 g/mol. The summed E-state index contributed by atoms with van der Waals surface area (Å²) in [7, 11) is 0. The highest BCUT2D eigenvalue weighted by Crippen LogP contribution is 2.37. The maximum atomic E-state index is 3.73. The molecule has 30 heavy (non-hydrogen) atoms. The molecule has 0 aromatic heterocycles. The van der Waals surface area contributed by atoms with Gasteiger partial charge in [-0.2, -0.15) is 0 Å². The lowest BCUT2D eigenvalue weighted by molar-refractivity contribution is 1.49. The topological polar surface area (TPSA) is 24.1 Å². The average Bonchev–Trinajstić information content (AvgIpc) is 2.72. The molecule has 0 atom stereocenters. The summed E-state index contributed by atoms with van der Waals surface area (Å²) in [4.78, 5) is 0. The molecule has 2 N–H and O–H groups in total. The largest absolute Gasteiger partial charge is 0.355 e. The average molecular weight is 652 g/mol. The fourth-order valence-electron chi connectivity index (χ4n) is 3.02. The molecular weight excluding hydrogens is 636 g/mol. The standard InChI is InChI=1S/C24H16Br4N2/c25-15-1-5-17(6-2-15)29-19-9-11-21(23(27)13-19)22-12-10-20(14-24(22)28)30-18-7-3-16(26)4-8-18/h1-14,29-30H. The van der Waals surface area contributed by atoms with Crippen molar-refractivity contribution in [2.75, 3.05) is 10.6 Å². The minimum Gasteiger partial charge on any atom is -0.355 e. The van der Waals surface area contributed by atoms with Crippen LogP contribution in [0.4, 0.5) is 22.7 Å². The van der Waals surface area contributed by atoms with Gasteiger partial charge in [-0.1, -0.05) is 75.9 Å². The summed E-state index contributed by atoms with van der Waals surface area (Å²) >= 11 is 14.4. The molecule has 150 valence electrons. The van der Waals surface area contributed by atoms with E-state index in [0.717, 1.165) is 51.8 Å². The SMILES string of the molecule is Brc1ccc(Nc2ccc(-c3ccc(Nc4ccc(Br)cc4)cc3Br)c(Br)c2)cc1. The van der Waals surface area contributed by atoms with Crippen molar-refractivity contribution in [3.63, 3.8) is 0 Å². The van der Waals surface area contributed by atoms with Crippen LogP contribution in [0.1, 0.15) is 0 Å². The van der Waals surface area contributed by atoms with Crippen molar-refractivity contribution in [3.8, 4) is 11.1 Å². The van der Waals surface area contributed by atoms with Crippen LogP contribution >= 0.6 is 63.7 Å². The van der Waals surface area contributed by atoms with Crippen LogP contribution in [-0.2, 0) is 0 Å². The first kappa shape index (κ1) is 21.6. The van der Waals surface area contributed by atoms with E-state index in [0.29, 0.717) is 0 Å². The fourth-order valence-corrected chi connectivity index (χ4v) is 4.74. The highest BCUT2D eigenvalue weighted by Gasteiger charge is 2.09. The van der Waals surface area contributed by atoms with Gasteiger partial charge in [0.05, 0.1) is 0 Å². The third-order valence-electron chi connectivity index (χ3n) is 4.49. The summed E-state index contributed by atoms with van der Waals surface area (Å²) < 4.78 is 4.18. The van der Waals surface area contributed by atoms with Gasteiger partial charge in [0.25, 0.3) is 0 Å². The highest BCUT2D eigenvalue weighted by atomic mass is 79.9. The van der Waals surface area contributed by atoms with E-state index in [1.807, 2.05) is 48.5 Å². The Bertz CT molecular complexity index is 1080. The van der Waals surface area contributed by atoms with E-state index in [4.69, 9.17) is 0 Å². The summed E-state index contributed by atoms with van der Waals surface area (Å²) in [6.07, 6.45) is 0. The second-order valence-electron chi connectivity index (χ2n) is 6.65. The second kappa shape index (κ2) is 9.69. The van der Waals surface area contributed by atoms with Crippen molar-refractivity contribution >= 4 is 86.5 Å². The Hall–Kier alpha value is -1.60. The molecule has 0 spiro atoms. The first-order valence-corrected chi connectivity index (χ1v) is 12.3. The van der Waals surface area contributed by atoms with Gasteiger partial charge in [0.1, 0.15) is 0 Å². The van der Waals surface area contributed by atoms with Crippen molar-refractivity contribution < 1.29 is 0 Å². The predicted octanol–water partition coefficient (Wildman–Crippen LogP) is 9.89. The summed E-state index contributed by atoms with van der Waals surface area (Å²) in [5, 5.41) is 6.86. The molecule has 0 aliphatic heterocycles. The number of rotatable bonds is 5. The Morgan fingerprint density at radius 3 is 1.07 bits per heavy atom. The molecule has 0 unspecified atom stereocenters. The van der Waals surface area contributed by atoms with Gasteiger partial charge < -0.3 is 10.6 Å². The van der Waals surface area contributed by atoms with E-state index < -0.39 is 0 Å². The van der Waals surface area contributed by atoms with E-state index in [2.05, 4.69) is 111 Å². The third-order valence-corrected chi connectivity index (χ3v) is 6.86. The van der Waals surface area contributed by atoms with Crippen LogP contribution in [0.25, 0.3) is 11.1 Å². The van der Waals surface area contributed by atoms with E-state index in [1.165, 1.54) is 0 Å². The first-order chi connectivity index (χ1) is 14.5. The summed E-state index contributed by atoms with van der Waals surface area (Å²) in [6.45, 7) is 0. The Labute approximate surface area is 209 Å². The molecule has 6 heteroatoms. The minimum atomic E-state index is 1.03. The quantitative estimate of drug-likeness (QED) is 0.225. The van der Waals surface area contributed by atoms with E-state index in [1.54, 1.807) is 0 Å². The number of halogens is 4. The van der Waals surface area contributed by atoms with Crippen LogP contribution in [0.2, 0.25) is 0 Å². The molecule has 4 aromatic carbocycles. The number of benzene rings is 4. The summed E-state index contributed by atoms with van der Waals surface area (Å²) in [6, 6.07) is 28.8. The second-order valence-corrected chi connectivity index (χ2v) is 10.2. The molecule has 0 amide bonds. The van der Waals surface area contributed by atoms with Crippen LogP contribution in [0.15, 0.2) is 103 Å². The molecule has 0 saturated heterocycles. The molecule has 4 aromatic rings. The van der Waals surface area contributed by atoms with Gasteiger partial charge >= 0.3 is 0 Å². The van der Waals surface area contributed by atoms with E-state index in [9.17, 15) is 0 Å². The van der Waals surface area contributed by atoms with Crippen LogP contribution < -0.4 is 10.6 Å². The Kier molecular flexibility index (Phi) is 6.98. The maximum Gasteiger partial charge on any atom is 0.0395 e. The minimum absolute atomic E-state index is 1.03. The number of hydrogen-bond donors (Lipinski definition) is 2. The molecule has 0 heterocycles. The van der Waals surface area contributed by atoms with Gasteiger partial charge in [-0.25, -0.2) is 0 Å². The zero-order valence-electron chi connectivity index (χ0n) is 15.6. The molecule has 0 aliphatic rings. The lowest BCUT2D eigenvalue weighted by atomic mass is 10.0. The molecule has 0 saturated carbocycles. The van der Waals surface area contributed by atoms with Crippen LogP contribution in [0, 0.1) is 0 Å². The van der Waals surface area contributed by atoms with Crippen molar-refractivity contribution in [1.82, 2.24) is 0 Å². The van der Waals surface area contributed by atoms with Crippen LogP contribution in [-0.4, -0.2) is 0 Å². The Morgan fingerprint density at radius 2 is 0.733 bits per heavy atom. The van der Waals surface area contributed by atoms with E-state index in [-0.39, 0.29) is 0 Å². The van der Waals surface area contributed by atoms with Crippen molar-refractivity contribution in [2.24, 2.45) is 0 Å². The molecule has 4 rings (SSSR count). The van der Waals surface area contributed by atoms with Crippen molar-refractivity contribution in [3.05, 3.63) is 103 Å². The van der Waals surface area contributed by atoms with E-state index >= 15 is 0 Å². The zero-order valence-corrected chi connectivity index (χ0v) is 21.9. The molecule has 0 bridgehead atoms. The number of anilines is 4. The smallest absolute Gasteiger partial charge is 0.0395 e. The summed E-state index contributed by atoms with van der Waals surface area (Å²) in [5.74, 6) is 0. The van der Waals surface area contributed by atoms with Crippen LogP contribution in [0.3, 0.4) is 0 Å². The van der Waals surface area contributed by atoms with Gasteiger partial charge in [0, 0.05) is 40.6 Å². The maximum absolute atomic E-state index is 3.73. The Balaban J connectivity index is 1.54. The van der Waals surface area contributed by atoms with Gasteiger partial charge in [-0.05, 0) is 83.9 Å². The zero-order chi connectivity index (χ0) is 21.1. The first-order valence-electron chi connectivity index (χ1n) is 9.12. The third kappa shape index (κ3) is 5.35. The summed E-state index contributed by atoms with van der Waals surface area (Å²) in [5.41, 5.74) is 6.39. The molecule has 0 aliphatic carbocycles. The predicted molar refractivity (Wildman–Crippen MR) is 142 cm³/mol. The molecule has 2 nitrogen and oxygen atoms in total. The normalized spacial score (nSPS) is 10.7. The van der Waals surface area contributed by atoms with Crippen LogP contribution in [0.5, 0.6) is 0 Å². The lowest BCUT2D eigenvalue weighted by Gasteiger charge is -2.13. The van der Waals surface area contributed by atoms with Gasteiger partial charge in [0.2, 0.25) is 0 Å². The molecule has 0 fully saturated rings. The van der Waals surface area contributed by atoms with Gasteiger partial charge in [-0.15, -0.1) is 0 Å². The van der Waals surface area contributed by atoms with Gasteiger partial charge in [0.15, 0.2) is 0 Å². The number of hydrogen-bond acceptors (Lipinski definition) is 2. The van der Waals surface area contributed by atoms with Gasteiger partial charge in [-0.3, -0.25) is 0 Å². The highest BCUT2D eigenvalue weighted by molar-refractivity contribution is 9.11. The van der Waals surface area contributed by atoms with Crippen molar-refractivity contribution in [2.45, 2.75) is 0 Å². The van der Waals surface area contributed by atoms with Crippen molar-refractivity contribution in [1.29, 1.82) is 0 Å².